The van der Waals surface area contributed by atoms with Crippen molar-refractivity contribution in [1.82, 2.24) is 5.32 Å². The Labute approximate surface area is 135 Å². The quantitative estimate of drug-likeness (QED) is 0.471. The van der Waals surface area contributed by atoms with Crippen LogP contribution in [-0.4, -0.2) is 48.7 Å². The van der Waals surface area contributed by atoms with Gasteiger partial charge in [-0.15, -0.1) is 0 Å². The van der Waals surface area contributed by atoms with Crippen LogP contribution in [0.15, 0.2) is 12.2 Å². The van der Waals surface area contributed by atoms with Gasteiger partial charge in [0.2, 0.25) is 0 Å². The van der Waals surface area contributed by atoms with Crippen LogP contribution < -0.4 is 5.32 Å². The van der Waals surface area contributed by atoms with E-state index in [0.717, 1.165) is 0 Å². The molecular formula is C15H23NO7. The molecule has 0 aromatic heterocycles. The van der Waals surface area contributed by atoms with E-state index in [4.69, 9.17) is 18.9 Å². The molecule has 1 aliphatic heterocycles. The molecule has 0 radical (unpaired) electrons. The second-order valence-electron chi connectivity index (χ2n) is 6.00. The molecular weight excluding hydrogens is 306 g/mol. The van der Waals surface area contributed by atoms with Crippen molar-refractivity contribution in [2.75, 3.05) is 6.61 Å². The van der Waals surface area contributed by atoms with E-state index in [9.17, 15) is 14.4 Å². The average molecular weight is 329 g/mol. The first-order valence-corrected chi connectivity index (χ1v) is 7.20. The minimum absolute atomic E-state index is 0.107. The predicted molar refractivity (Wildman–Crippen MR) is 79.4 cm³/mol. The molecule has 1 rings (SSSR count). The van der Waals surface area contributed by atoms with Crippen molar-refractivity contribution in [2.24, 2.45) is 0 Å². The molecule has 8 nitrogen and oxygen atoms in total. The highest BCUT2D eigenvalue weighted by atomic mass is 16.6. The van der Waals surface area contributed by atoms with Gasteiger partial charge in [-0.3, -0.25) is 14.9 Å². The number of ether oxygens (including phenoxy) is 4. The molecule has 1 amide bonds. The van der Waals surface area contributed by atoms with Gasteiger partial charge in [-0.05, 0) is 32.9 Å². The fourth-order valence-corrected chi connectivity index (χ4v) is 1.79. The SMILES string of the molecule is CC(=O)OC[C@H]1O[C@H](NC(=O)OC(C)(C)C)C=C[C@@H]1OC(C)=O. The van der Waals surface area contributed by atoms with Crippen LogP contribution in [0.5, 0.6) is 0 Å². The van der Waals surface area contributed by atoms with E-state index in [1.54, 1.807) is 26.8 Å². The van der Waals surface area contributed by atoms with Crippen molar-refractivity contribution in [3.8, 4) is 0 Å². The Morgan fingerprint density at radius 1 is 1.13 bits per heavy atom. The molecule has 0 saturated carbocycles. The Kier molecular flexibility index (Phi) is 6.56. The first-order chi connectivity index (χ1) is 10.6. The molecule has 0 aliphatic carbocycles. The second-order valence-corrected chi connectivity index (χ2v) is 6.00. The van der Waals surface area contributed by atoms with Gasteiger partial charge < -0.3 is 18.9 Å². The van der Waals surface area contributed by atoms with E-state index < -0.39 is 42.1 Å². The molecule has 0 fully saturated rings. The predicted octanol–water partition coefficient (Wildman–Crippen LogP) is 1.29. The zero-order valence-electron chi connectivity index (χ0n) is 14.0. The zero-order chi connectivity index (χ0) is 17.6. The number of alkyl carbamates (subject to hydrolysis) is 1. The molecule has 3 atom stereocenters. The Hall–Kier alpha value is -2.09. The number of hydrogen-bond acceptors (Lipinski definition) is 7. The van der Waals surface area contributed by atoms with Crippen molar-refractivity contribution in [3.63, 3.8) is 0 Å². The van der Waals surface area contributed by atoms with Crippen molar-refractivity contribution >= 4 is 18.0 Å². The maximum atomic E-state index is 11.7. The maximum Gasteiger partial charge on any atom is 0.409 e. The normalized spacial score (nSPS) is 23.8. The van der Waals surface area contributed by atoms with Crippen molar-refractivity contribution in [1.29, 1.82) is 0 Å². The third kappa shape index (κ3) is 7.64. The third-order valence-corrected chi connectivity index (χ3v) is 2.58. The molecule has 1 aliphatic rings. The van der Waals surface area contributed by atoms with Crippen LogP contribution in [0.25, 0.3) is 0 Å². The highest BCUT2D eigenvalue weighted by Crippen LogP contribution is 2.16. The molecule has 0 aromatic carbocycles. The lowest BCUT2D eigenvalue weighted by Crippen LogP contribution is -2.48. The number of carbonyl (C=O) groups excluding carboxylic acids is 3. The average Bonchev–Trinajstić information content (AvgIpc) is 2.35. The molecule has 130 valence electrons. The summed E-state index contributed by atoms with van der Waals surface area (Å²) in [5.74, 6) is -0.976. The van der Waals surface area contributed by atoms with Gasteiger partial charge in [0, 0.05) is 13.8 Å². The summed E-state index contributed by atoms with van der Waals surface area (Å²) in [5, 5.41) is 2.52. The summed E-state index contributed by atoms with van der Waals surface area (Å²) >= 11 is 0. The van der Waals surface area contributed by atoms with Crippen LogP contribution in [0.1, 0.15) is 34.6 Å². The van der Waals surface area contributed by atoms with E-state index in [-0.39, 0.29) is 6.61 Å². The lowest BCUT2D eigenvalue weighted by molar-refractivity contribution is -0.164. The van der Waals surface area contributed by atoms with Gasteiger partial charge in [0.05, 0.1) is 0 Å². The zero-order valence-corrected chi connectivity index (χ0v) is 14.0. The largest absolute Gasteiger partial charge is 0.463 e. The van der Waals surface area contributed by atoms with E-state index in [2.05, 4.69) is 5.32 Å². The highest BCUT2D eigenvalue weighted by Gasteiger charge is 2.32. The minimum atomic E-state index is -0.780. The van der Waals surface area contributed by atoms with Crippen LogP contribution in [0.2, 0.25) is 0 Å². The fraction of sp³-hybridized carbons (Fsp3) is 0.667. The van der Waals surface area contributed by atoms with Crippen molar-refractivity contribution in [2.45, 2.75) is 58.7 Å². The number of nitrogens with one attached hydrogen (secondary N) is 1. The molecule has 0 bridgehead atoms. The van der Waals surface area contributed by atoms with Crippen LogP contribution in [0, 0.1) is 0 Å². The van der Waals surface area contributed by atoms with Gasteiger partial charge in [0.25, 0.3) is 0 Å². The Balaban J connectivity index is 2.68. The summed E-state index contributed by atoms with van der Waals surface area (Å²) in [6, 6.07) is 0. The summed E-state index contributed by atoms with van der Waals surface area (Å²) in [5.41, 5.74) is -0.639. The molecule has 0 unspecified atom stereocenters. The third-order valence-electron chi connectivity index (χ3n) is 2.58. The first-order valence-electron chi connectivity index (χ1n) is 7.20. The highest BCUT2D eigenvalue weighted by molar-refractivity contribution is 5.68. The standard InChI is InChI=1S/C15H23NO7/c1-9(17)20-8-12-11(21-10(2)18)6-7-13(22-12)16-14(19)23-15(3,4)5/h6-7,11-13H,8H2,1-5H3,(H,16,19)/t11-,12+,13-/m0/s1. The van der Waals surface area contributed by atoms with Gasteiger partial charge in [-0.25, -0.2) is 4.79 Å². The topological polar surface area (TPSA) is 100 Å². The van der Waals surface area contributed by atoms with E-state index in [1.807, 2.05) is 0 Å². The Morgan fingerprint density at radius 3 is 2.30 bits per heavy atom. The number of hydrogen-bond donors (Lipinski definition) is 1. The molecule has 1 N–H and O–H groups in total. The smallest absolute Gasteiger partial charge is 0.409 e. The van der Waals surface area contributed by atoms with E-state index in [0.29, 0.717) is 0 Å². The van der Waals surface area contributed by atoms with Crippen molar-refractivity contribution < 1.29 is 33.3 Å². The number of carbonyl (C=O) groups is 3. The van der Waals surface area contributed by atoms with Crippen molar-refractivity contribution in [3.05, 3.63) is 12.2 Å². The second kappa shape index (κ2) is 7.96. The first kappa shape index (κ1) is 19.0. The molecule has 8 heteroatoms. The fourth-order valence-electron chi connectivity index (χ4n) is 1.79. The maximum absolute atomic E-state index is 11.7. The molecule has 1 heterocycles. The summed E-state index contributed by atoms with van der Waals surface area (Å²) in [7, 11) is 0. The van der Waals surface area contributed by atoms with Gasteiger partial charge in [-0.2, -0.15) is 0 Å². The number of esters is 2. The van der Waals surface area contributed by atoms with E-state index in [1.165, 1.54) is 19.9 Å². The monoisotopic (exact) mass is 329 g/mol. The lowest BCUT2D eigenvalue weighted by atomic mass is 10.1. The summed E-state index contributed by atoms with van der Waals surface area (Å²) in [6.07, 6.45) is 0.237. The molecule has 0 spiro atoms. The van der Waals surface area contributed by atoms with Gasteiger partial charge in [0.1, 0.15) is 24.4 Å². The number of rotatable bonds is 4. The van der Waals surface area contributed by atoms with Crippen LogP contribution in [0.4, 0.5) is 4.79 Å². The molecule has 0 aromatic rings. The van der Waals surface area contributed by atoms with Crippen LogP contribution >= 0.6 is 0 Å². The van der Waals surface area contributed by atoms with Gasteiger partial charge in [-0.1, -0.05) is 0 Å². The Morgan fingerprint density at radius 2 is 1.78 bits per heavy atom. The van der Waals surface area contributed by atoms with Crippen LogP contribution in [0.3, 0.4) is 0 Å². The van der Waals surface area contributed by atoms with E-state index >= 15 is 0 Å². The molecule has 23 heavy (non-hydrogen) atoms. The Bertz CT molecular complexity index is 481. The van der Waals surface area contributed by atoms with Gasteiger partial charge in [0.15, 0.2) is 6.23 Å². The number of amides is 1. The summed E-state index contributed by atoms with van der Waals surface area (Å²) < 4.78 is 20.7. The summed E-state index contributed by atoms with van der Waals surface area (Å²) in [6.45, 7) is 7.64. The lowest BCUT2D eigenvalue weighted by Gasteiger charge is -2.32. The minimum Gasteiger partial charge on any atom is -0.463 e. The van der Waals surface area contributed by atoms with Gasteiger partial charge >= 0.3 is 18.0 Å². The summed E-state index contributed by atoms with van der Waals surface area (Å²) in [4.78, 5) is 33.8. The molecule has 0 saturated heterocycles. The van der Waals surface area contributed by atoms with Crippen LogP contribution in [-0.2, 0) is 28.5 Å².